The minimum Gasteiger partial charge on any atom is -0.346 e. The van der Waals surface area contributed by atoms with Crippen LogP contribution in [0.25, 0.3) is 0 Å². The Balaban J connectivity index is 1.34. The summed E-state index contributed by atoms with van der Waals surface area (Å²) < 4.78 is 2.39. The van der Waals surface area contributed by atoms with Crippen LogP contribution in [0, 0.1) is 0 Å². The standard InChI is InChI=1S/C33H33BN2Si/c1-26(24-31(27-14-6-2-7-15-27)28-16-8-3-9-17-28)37-25-36-23-22-35-33(36)34-32(29-18-10-4-11-19-29)30-20-12-5-13-21-30/h2-24,31-32,34H,25,37H2,1H3. The molecular formula is C33H33BN2Si. The summed E-state index contributed by atoms with van der Waals surface area (Å²) in [6.07, 6.45) is 7.68. The molecule has 1 heterocycles. The van der Waals surface area contributed by atoms with Crippen LogP contribution in [-0.4, -0.2) is 26.4 Å². The van der Waals surface area contributed by atoms with Crippen molar-refractivity contribution in [2.75, 3.05) is 0 Å². The maximum absolute atomic E-state index is 4.81. The number of aromatic nitrogens is 2. The van der Waals surface area contributed by atoms with Crippen molar-refractivity contribution in [3.63, 3.8) is 0 Å². The Morgan fingerprint density at radius 3 is 1.68 bits per heavy atom. The van der Waals surface area contributed by atoms with Crippen molar-refractivity contribution in [2.45, 2.75) is 24.8 Å². The predicted octanol–water partition coefficient (Wildman–Crippen LogP) is 5.60. The lowest BCUT2D eigenvalue weighted by molar-refractivity contribution is 0.900. The van der Waals surface area contributed by atoms with Gasteiger partial charge in [-0.25, -0.2) is 0 Å². The molecule has 2 nitrogen and oxygen atoms in total. The SMILES string of the molecule is CC(=CC(c1ccccc1)c1ccccc1)[SiH2]Cn1ccnc1BC(c1ccccc1)c1ccccc1. The predicted molar refractivity (Wildman–Crippen MR) is 161 cm³/mol. The van der Waals surface area contributed by atoms with Gasteiger partial charge in [0.2, 0.25) is 7.28 Å². The van der Waals surface area contributed by atoms with Gasteiger partial charge < -0.3 is 4.57 Å². The molecule has 4 aromatic carbocycles. The summed E-state index contributed by atoms with van der Waals surface area (Å²) in [7, 11) is 0.415. The first-order valence-electron chi connectivity index (χ1n) is 13.1. The van der Waals surface area contributed by atoms with Crippen molar-refractivity contribution in [1.82, 2.24) is 9.55 Å². The fourth-order valence-electron chi connectivity index (χ4n) is 5.09. The number of hydrogen-bond acceptors (Lipinski definition) is 1. The highest BCUT2D eigenvalue weighted by molar-refractivity contribution is 6.54. The van der Waals surface area contributed by atoms with E-state index in [0.29, 0.717) is 5.82 Å². The molecule has 0 radical (unpaired) electrons. The van der Waals surface area contributed by atoms with Crippen molar-refractivity contribution in [3.05, 3.63) is 167 Å². The molecule has 0 amide bonds. The van der Waals surface area contributed by atoms with E-state index in [1.54, 1.807) is 0 Å². The van der Waals surface area contributed by atoms with Gasteiger partial charge in [-0.1, -0.05) is 133 Å². The third kappa shape index (κ3) is 6.46. The number of rotatable bonds is 10. The summed E-state index contributed by atoms with van der Waals surface area (Å²) in [6.45, 7) is 2.32. The Hall–Kier alpha value is -3.89. The van der Waals surface area contributed by atoms with E-state index < -0.39 is 9.52 Å². The monoisotopic (exact) mass is 496 g/mol. The van der Waals surface area contributed by atoms with Gasteiger partial charge in [-0.3, -0.25) is 4.98 Å². The van der Waals surface area contributed by atoms with Gasteiger partial charge in [0.25, 0.3) is 0 Å². The number of benzene rings is 4. The topological polar surface area (TPSA) is 17.8 Å². The van der Waals surface area contributed by atoms with E-state index in [4.69, 9.17) is 4.98 Å². The quantitative estimate of drug-likeness (QED) is 0.230. The number of nitrogens with zero attached hydrogens (tertiary/aromatic N) is 2. The second kappa shape index (κ2) is 12.4. The van der Waals surface area contributed by atoms with Crippen molar-refractivity contribution in [2.24, 2.45) is 0 Å². The molecule has 0 spiro atoms. The molecule has 0 aliphatic heterocycles. The first-order valence-corrected chi connectivity index (χ1v) is 14.9. The van der Waals surface area contributed by atoms with Gasteiger partial charge in [0.05, 0.1) is 15.2 Å². The second-order valence-corrected chi connectivity index (χ2v) is 11.7. The van der Waals surface area contributed by atoms with Gasteiger partial charge in [0, 0.05) is 24.5 Å². The molecule has 5 aromatic rings. The summed E-state index contributed by atoms with van der Waals surface area (Å²) in [6, 6.07) is 43.4. The summed E-state index contributed by atoms with van der Waals surface area (Å²) in [4.78, 5) is 4.81. The summed E-state index contributed by atoms with van der Waals surface area (Å²) in [5.74, 6) is 0.583. The third-order valence-electron chi connectivity index (χ3n) is 7.11. The largest absolute Gasteiger partial charge is 0.346 e. The summed E-state index contributed by atoms with van der Waals surface area (Å²) in [5, 5.41) is 1.53. The van der Waals surface area contributed by atoms with Crippen molar-refractivity contribution in [1.29, 1.82) is 0 Å². The molecular weight excluding hydrogens is 463 g/mol. The Labute approximate surface area is 223 Å². The first kappa shape index (κ1) is 24.8. The average molecular weight is 497 g/mol. The Morgan fingerprint density at radius 2 is 1.19 bits per heavy atom. The van der Waals surface area contributed by atoms with Gasteiger partial charge in [-0.05, 0) is 35.0 Å². The van der Waals surface area contributed by atoms with Crippen molar-refractivity contribution < 1.29 is 0 Å². The second-order valence-electron chi connectivity index (χ2n) is 9.68. The lowest BCUT2D eigenvalue weighted by Gasteiger charge is -2.18. The number of hydrogen-bond donors (Lipinski definition) is 0. The maximum Gasteiger partial charge on any atom is 0.217 e. The van der Waals surface area contributed by atoms with Gasteiger partial charge in [-0.15, -0.1) is 0 Å². The van der Waals surface area contributed by atoms with E-state index in [0.717, 1.165) is 13.4 Å². The first-order chi connectivity index (χ1) is 18.3. The third-order valence-corrected chi connectivity index (χ3v) is 8.84. The maximum atomic E-state index is 4.81. The van der Waals surface area contributed by atoms with Crippen LogP contribution in [-0.2, 0) is 6.17 Å². The number of imidazole rings is 1. The Kier molecular flexibility index (Phi) is 8.29. The van der Waals surface area contributed by atoms with E-state index in [1.807, 2.05) is 6.20 Å². The molecule has 0 atom stereocenters. The molecule has 37 heavy (non-hydrogen) atoms. The smallest absolute Gasteiger partial charge is 0.217 e. The number of allylic oxidation sites excluding steroid dienone is 2. The zero-order chi connectivity index (χ0) is 25.3. The van der Waals surface area contributed by atoms with E-state index in [9.17, 15) is 0 Å². The molecule has 0 aliphatic rings. The van der Waals surface area contributed by atoms with Crippen molar-refractivity contribution >= 4 is 22.5 Å². The molecule has 0 aliphatic carbocycles. The Bertz CT molecular complexity index is 1320. The molecule has 4 heteroatoms. The normalized spacial score (nSPS) is 12.0. The highest BCUT2D eigenvalue weighted by atomic mass is 28.2. The zero-order valence-electron chi connectivity index (χ0n) is 21.4. The average Bonchev–Trinajstić information content (AvgIpc) is 3.42. The highest BCUT2D eigenvalue weighted by Crippen LogP contribution is 2.27. The van der Waals surface area contributed by atoms with Gasteiger partial charge in [0.15, 0.2) is 0 Å². The minimum atomic E-state index is -0.483. The van der Waals surface area contributed by atoms with Gasteiger partial charge >= 0.3 is 0 Å². The van der Waals surface area contributed by atoms with Crippen LogP contribution in [0.3, 0.4) is 0 Å². The van der Waals surface area contributed by atoms with Gasteiger partial charge in [0.1, 0.15) is 0 Å². The fourth-order valence-corrected chi connectivity index (χ4v) is 6.49. The molecule has 0 saturated carbocycles. The molecule has 0 bridgehead atoms. The van der Waals surface area contributed by atoms with Crippen LogP contribution in [0.4, 0.5) is 0 Å². The van der Waals surface area contributed by atoms with Crippen molar-refractivity contribution in [3.8, 4) is 0 Å². The van der Waals surface area contributed by atoms with E-state index in [1.165, 1.54) is 33.2 Å². The molecule has 182 valence electrons. The minimum absolute atomic E-state index is 0.290. The van der Waals surface area contributed by atoms with Crippen LogP contribution >= 0.6 is 0 Å². The fraction of sp³-hybridized carbons (Fsp3) is 0.121. The Morgan fingerprint density at radius 1 is 0.730 bits per heavy atom. The molecule has 0 unspecified atom stereocenters. The van der Waals surface area contributed by atoms with Gasteiger partial charge in [-0.2, -0.15) is 0 Å². The summed E-state index contributed by atoms with van der Waals surface area (Å²) in [5.41, 5.74) is 6.54. The van der Waals surface area contributed by atoms with Crippen LogP contribution in [0.15, 0.2) is 145 Å². The lowest BCUT2D eigenvalue weighted by atomic mass is 9.58. The molecule has 0 N–H and O–H groups in total. The lowest BCUT2D eigenvalue weighted by Crippen LogP contribution is -2.32. The van der Waals surface area contributed by atoms with Crippen LogP contribution in [0.1, 0.15) is 40.9 Å². The van der Waals surface area contributed by atoms with E-state index in [2.05, 4.69) is 145 Å². The van der Waals surface area contributed by atoms with Crippen LogP contribution in [0.5, 0.6) is 0 Å². The van der Waals surface area contributed by atoms with Crippen LogP contribution < -0.4 is 5.72 Å². The highest BCUT2D eigenvalue weighted by Gasteiger charge is 2.19. The van der Waals surface area contributed by atoms with Crippen LogP contribution in [0.2, 0.25) is 0 Å². The molecule has 1 aromatic heterocycles. The zero-order valence-corrected chi connectivity index (χ0v) is 22.9. The van der Waals surface area contributed by atoms with E-state index in [-0.39, 0.29) is 5.92 Å². The molecule has 5 rings (SSSR count). The van der Waals surface area contributed by atoms with E-state index >= 15 is 0 Å². The summed E-state index contributed by atoms with van der Waals surface area (Å²) >= 11 is 0. The molecule has 0 fully saturated rings. The molecule has 0 saturated heterocycles.